The first-order chi connectivity index (χ1) is 6.25. The molecule has 0 amide bonds. The van der Waals surface area contributed by atoms with Crippen molar-refractivity contribution in [3.05, 3.63) is 0 Å². The van der Waals surface area contributed by atoms with Crippen molar-refractivity contribution in [2.24, 2.45) is 0 Å². The van der Waals surface area contributed by atoms with E-state index in [4.69, 9.17) is 10.00 Å². The van der Waals surface area contributed by atoms with Gasteiger partial charge < -0.3 is 20.3 Å². The minimum Gasteiger partial charge on any atom is -0.390 e. The average Bonchev–Trinajstić information content (AvgIpc) is 2.13. The zero-order valence-electron chi connectivity index (χ0n) is 7.31. The second-order valence-electron chi connectivity index (χ2n) is 3.04. The van der Waals surface area contributed by atoms with Crippen molar-refractivity contribution in [1.82, 2.24) is 5.32 Å². The van der Waals surface area contributed by atoms with Crippen molar-refractivity contribution >= 4 is 0 Å². The van der Waals surface area contributed by atoms with Crippen molar-refractivity contribution in [1.29, 1.82) is 5.26 Å². The van der Waals surface area contributed by atoms with Crippen LogP contribution < -0.4 is 5.32 Å². The molecule has 0 radical (unpaired) electrons. The molecule has 1 saturated heterocycles. The zero-order valence-corrected chi connectivity index (χ0v) is 7.31. The fourth-order valence-electron chi connectivity index (χ4n) is 1.31. The molecule has 0 aliphatic carbocycles. The molecule has 1 fully saturated rings. The number of nitrogens with zero attached hydrogens (tertiary/aromatic N) is 1. The monoisotopic (exact) mass is 186 g/mol. The predicted octanol–water partition coefficient (Wildman–Crippen LogP) is -1.39. The molecule has 0 saturated carbocycles. The standard InChI is InChI=1S/C8H14N2O3/c9-2-3-10-5-7-8(12)6(11)1-4-13-7/h6-8,10-12H,1,3-5H2/t6?,7?,8-/m0/s1. The van der Waals surface area contributed by atoms with Gasteiger partial charge in [-0.1, -0.05) is 0 Å². The maximum Gasteiger partial charge on any atom is 0.107 e. The second kappa shape index (κ2) is 5.14. The lowest BCUT2D eigenvalue weighted by atomic mass is 10.0. The van der Waals surface area contributed by atoms with Crippen LogP contribution in [-0.4, -0.2) is 48.2 Å². The molecule has 1 aliphatic rings. The van der Waals surface area contributed by atoms with E-state index < -0.39 is 18.3 Å². The van der Waals surface area contributed by atoms with Gasteiger partial charge in [-0.3, -0.25) is 0 Å². The van der Waals surface area contributed by atoms with Crippen LogP contribution in [0, 0.1) is 11.3 Å². The Balaban J connectivity index is 2.27. The van der Waals surface area contributed by atoms with E-state index in [9.17, 15) is 10.2 Å². The Labute approximate surface area is 76.9 Å². The van der Waals surface area contributed by atoms with Gasteiger partial charge in [0.2, 0.25) is 0 Å². The first-order valence-electron chi connectivity index (χ1n) is 4.31. The van der Waals surface area contributed by atoms with E-state index in [2.05, 4.69) is 5.32 Å². The highest BCUT2D eigenvalue weighted by atomic mass is 16.5. The molecule has 0 aromatic carbocycles. The first kappa shape index (κ1) is 10.4. The smallest absolute Gasteiger partial charge is 0.107 e. The van der Waals surface area contributed by atoms with Crippen LogP contribution in [0.4, 0.5) is 0 Å². The molecule has 5 heteroatoms. The van der Waals surface area contributed by atoms with Gasteiger partial charge in [-0.05, 0) is 6.42 Å². The number of aliphatic hydroxyl groups excluding tert-OH is 2. The summed E-state index contributed by atoms with van der Waals surface area (Å²) in [5, 5.41) is 29.8. The third kappa shape index (κ3) is 2.94. The lowest BCUT2D eigenvalue weighted by Gasteiger charge is -2.31. The van der Waals surface area contributed by atoms with Gasteiger partial charge in [0.25, 0.3) is 0 Å². The van der Waals surface area contributed by atoms with Gasteiger partial charge in [-0.15, -0.1) is 0 Å². The third-order valence-corrected chi connectivity index (χ3v) is 2.07. The summed E-state index contributed by atoms with van der Waals surface area (Å²) in [5.41, 5.74) is 0. The second-order valence-corrected chi connectivity index (χ2v) is 3.04. The number of aliphatic hydroxyl groups is 2. The largest absolute Gasteiger partial charge is 0.390 e. The normalized spacial score (nSPS) is 34.1. The number of rotatable bonds is 3. The highest BCUT2D eigenvalue weighted by Crippen LogP contribution is 2.13. The highest BCUT2D eigenvalue weighted by molar-refractivity contribution is 4.83. The Morgan fingerprint density at radius 2 is 2.31 bits per heavy atom. The molecular formula is C8H14N2O3. The molecule has 1 rings (SSSR count). The van der Waals surface area contributed by atoms with Gasteiger partial charge in [-0.2, -0.15) is 5.26 Å². The van der Waals surface area contributed by atoms with Crippen molar-refractivity contribution in [3.8, 4) is 6.07 Å². The predicted molar refractivity (Wildman–Crippen MR) is 44.9 cm³/mol. The zero-order chi connectivity index (χ0) is 9.68. The number of nitriles is 1. The van der Waals surface area contributed by atoms with Crippen LogP contribution in [0.3, 0.4) is 0 Å². The summed E-state index contributed by atoms with van der Waals surface area (Å²) in [5.74, 6) is 0. The van der Waals surface area contributed by atoms with Gasteiger partial charge in [-0.25, -0.2) is 0 Å². The van der Waals surface area contributed by atoms with Crippen LogP contribution >= 0.6 is 0 Å². The molecule has 0 aromatic heterocycles. The van der Waals surface area contributed by atoms with E-state index in [1.165, 1.54) is 0 Å². The lowest BCUT2D eigenvalue weighted by molar-refractivity contribution is -0.132. The fraction of sp³-hybridized carbons (Fsp3) is 0.875. The Bertz CT molecular complexity index is 192. The molecule has 13 heavy (non-hydrogen) atoms. The summed E-state index contributed by atoms with van der Waals surface area (Å²) >= 11 is 0. The SMILES string of the molecule is N#CCNCC1OCCC(O)[C@@H]1O. The number of ether oxygens (including phenoxy) is 1. The first-order valence-corrected chi connectivity index (χ1v) is 4.31. The van der Waals surface area contributed by atoms with Crippen LogP contribution in [0.5, 0.6) is 0 Å². The Kier molecular flexibility index (Phi) is 4.12. The van der Waals surface area contributed by atoms with Crippen LogP contribution in [0.15, 0.2) is 0 Å². The van der Waals surface area contributed by atoms with E-state index in [1.807, 2.05) is 6.07 Å². The number of hydrogen-bond donors (Lipinski definition) is 3. The van der Waals surface area contributed by atoms with Gasteiger partial charge in [0.1, 0.15) is 6.10 Å². The highest BCUT2D eigenvalue weighted by Gasteiger charge is 2.30. The molecule has 1 aliphatic heterocycles. The van der Waals surface area contributed by atoms with Crippen LogP contribution in [0.1, 0.15) is 6.42 Å². The molecule has 0 aromatic rings. The van der Waals surface area contributed by atoms with Crippen molar-refractivity contribution in [2.75, 3.05) is 19.7 Å². The van der Waals surface area contributed by atoms with E-state index in [-0.39, 0.29) is 6.54 Å². The number of nitrogens with one attached hydrogen (secondary N) is 1. The Morgan fingerprint density at radius 1 is 1.54 bits per heavy atom. The minimum atomic E-state index is -0.847. The molecule has 74 valence electrons. The molecule has 5 nitrogen and oxygen atoms in total. The molecular weight excluding hydrogens is 172 g/mol. The van der Waals surface area contributed by atoms with Gasteiger partial charge >= 0.3 is 0 Å². The van der Waals surface area contributed by atoms with E-state index in [1.54, 1.807) is 0 Å². The fourth-order valence-corrected chi connectivity index (χ4v) is 1.31. The third-order valence-electron chi connectivity index (χ3n) is 2.07. The summed E-state index contributed by atoms with van der Waals surface area (Å²) in [6, 6.07) is 1.92. The van der Waals surface area contributed by atoms with E-state index >= 15 is 0 Å². The van der Waals surface area contributed by atoms with Crippen LogP contribution in [-0.2, 0) is 4.74 Å². The maximum atomic E-state index is 9.44. The maximum absolute atomic E-state index is 9.44. The van der Waals surface area contributed by atoms with E-state index in [0.717, 1.165) is 0 Å². The van der Waals surface area contributed by atoms with Crippen LogP contribution in [0.2, 0.25) is 0 Å². The van der Waals surface area contributed by atoms with Crippen molar-refractivity contribution in [3.63, 3.8) is 0 Å². The lowest BCUT2D eigenvalue weighted by Crippen LogP contribution is -2.49. The summed E-state index contributed by atoms with van der Waals surface area (Å²) in [7, 11) is 0. The van der Waals surface area contributed by atoms with E-state index in [0.29, 0.717) is 19.6 Å². The quantitative estimate of drug-likeness (QED) is 0.373. The molecule has 3 N–H and O–H groups in total. The molecule has 0 spiro atoms. The molecule has 0 bridgehead atoms. The summed E-state index contributed by atoms with van der Waals surface area (Å²) in [6.07, 6.45) is -1.49. The molecule has 3 atom stereocenters. The average molecular weight is 186 g/mol. The van der Waals surface area contributed by atoms with Crippen LogP contribution in [0.25, 0.3) is 0 Å². The minimum absolute atomic E-state index is 0.225. The molecule has 1 heterocycles. The van der Waals surface area contributed by atoms with Crippen molar-refractivity contribution in [2.45, 2.75) is 24.7 Å². The van der Waals surface area contributed by atoms with Gasteiger partial charge in [0, 0.05) is 13.2 Å². The topological polar surface area (TPSA) is 85.5 Å². The Hall–Kier alpha value is -0.670. The summed E-state index contributed by atoms with van der Waals surface area (Å²) < 4.78 is 5.23. The van der Waals surface area contributed by atoms with Gasteiger partial charge in [0.15, 0.2) is 0 Å². The Morgan fingerprint density at radius 3 is 3.00 bits per heavy atom. The summed E-state index contributed by atoms with van der Waals surface area (Å²) in [4.78, 5) is 0. The van der Waals surface area contributed by atoms with Crippen molar-refractivity contribution < 1.29 is 14.9 Å². The summed E-state index contributed by atoms with van der Waals surface area (Å²) in [6.45, 7) is 1.07. The molecule has 2 unspecified atom stereocenters. The number of hydrogen-bond acceptors (Lipinski definition) is 5. The van der Waals surface area contributed by atoms with Gasteiger partial charge in [0.05, 0.1) is 24.8 Å².